The number of carbonyl (C=O) groups is 1. The van der Waals surface area contributed by atoms with Crippen LogP contribution in [0, 0.1) is 5.41 Å². The molecule has 24 heavy (non-hydrogen) atoms. The molecule has 138 valence electrons. The SMILES string of the molecule is CCN(CC)C1=C/C(=C(/N)C(=O)NCCS(=O)(=O)O)CC(C)(C)C1. The van der Waals surface area contributed by atoms with E-state index in [0.717, 1.165) is 30.8 Å². The summed E-state index contributed by atoms with van der Waals surface area (Å²) in [5.41, 5.74) is 8.00. The van der Waals surface area contributed by atoms with E-state index in [4.69, 9.17) is 10.3 Å². The average molecular weight is 359 g/mol. The minimum absolute atomic E-state index is 0.0126. The lowest BCUT2D eigenvalue weighted by molar-refractivity contribution is -0.117. The van der Waals surface area contributed by atoms with Crippen LogP contribution in [0.15, 0.2) is 23.0 Å². The second-order valence-corrected chi connectivity index (χ2v) is 8.38. The lowest BCUT2D eigenvalue weighted by Gasteiger charge is -2.37. The van der Waals surface area contributed by atoms with Crippen molar-refractivity contribution in [2.45, 2.75) is 40.5 Å². The molecule has 0 fully saturated rings. The molecule has 0 saturated carbocycles. The lowest BCUT2D eigenvalue weighted by Crippen LogP contribution is -2.35. The number of hydrogen-bond donors (Lipinski definition) is 3. The predicted molar refractivity (Wildman–Crippen MR) is 94.7 cm³/mol. The highest BCUT2D eigenvalue weighted by Gasteiger charge is 2.29. The number of carbonyl (C=O) groups excluding carboxylic acids is 1. The Morgan fingerprint density at radius 1 is 1.33 bits per heavy atom. The summed E-state index contributed by atoms with van der Waals surface area (Å²) in [5, 5.41) is 2.43. The van der Waals surface area contributed by atoms with Crippen LogP contribution in [0.4, 0.5) is 0 Å². The van der Waals surface area contributed by atoms with Crippen LogP contribution < -0.4 is 11.1 Å². The number of nitrogens with zero attached hydrogens (tertiary/aromatic N) is 1. The van der Waals surface area contributed by atoms with Gasteiger partial charge in [0.05, 0.1) is 5.75 Å². The second-order valence-electron chi connectivity index (χ2n) is 6.81. The van der Waals surface area contributed by atoms with Crippen molar-refractivity contribution in [3.8, 4) is 0 Å². The van der Waals surface area contributed by atoms with E-state index < -0.39 is 21.8 Å². The van der Waals surface area contributed by atoms with Crippen LogP contribution in [0.3, 0.4) is 0 Å². The first kappa shape index (κ1) is 20.5. The number of rotatable bonds is 7. The maximum atomic E-state index is 12.1. The molecule has 1 amide bonds. The normalized spacial score (nSPS) is 19.5. The van der Waals surface area contributed by atoms with Crippen LogP contribution in [0.1, 0.15) is 40.5 Å². The smallest absolute Gasteiger partial charge is 0.267 e. The molecular formula is C16H29N3O4S. The second kappa shape index (κ2) is 8.02. The molecule has 8 heteroatoms. The highest BCUT2D eigenvalue weighted by atomic mass is 32.2. The molecule has 7 nitrogen and oxygen atoms in total. The zero-order valence-corrected chi connectivity index (χ0v) is 15.7. The van der Waals surface area contributed by atoms with Crippen molar-refractivity contribution < 1.29 is 17.8 Å². The molecule has 0 aliphatic heterocycles. The minimum atomic E-state index is -4.11. The van der Waals surface area contributed by atoms with Crippen LogP contribution in [0.2, 0.25) is 0 Å². The zero-order chi connectivity index (χ0) is 18.5. The van der Waals surface area contributed by atoms with Gasteiger partial charge in [-0.15, -0.1) is 0 Å². The van der Waals surface area contributed by atoms with Crippen molar-refractivity contribution in [2.75, 3.05) is 25.4 Å². The summed E-state index contributed by atoms with van der Waals surface area (Å²) in [6.07, 6.45) is 3.56. The Bertz CT molecular complexity index is 632. The van der Waals surface area contributed by atoms with E-state index in [1.165, 1.54) is 0 Å². The fourth-order valence-corrected chi connectivity index (χ4v) is 3.27. The van der Waals surface area contributed by atoms with Crippen molar-refractivity contribution in [3.05, 3.63) is 23.0 Å². The lowest BCUT2D eigenvalue weighted by atomic mass is 9.76. The van der Waals surface area contributed by atoms with Crippen molar-refractivity contribution in [1.82, 2.24) is 10.2 Å². The molecule has 4 N–H and O–H groups in total. The Morgan fingerprint density at radius 2 is 1.92 bits per heavy atom. The van der Waals surface area contributed by atoms with Crippen LogP contribution in [0.5, 0.6) is 0 Å². The van der Waals surface area contributed by atoms with Gasteiger partial charge in [-0.3, -0.25) is 9.35 Å². The van der Waals surface area contributed by atoms with Gasteiger partial charge in [-0.2, -0.15) is 8.42 Å². The van der Waals surface area contributed by atoms with Gasteiger partial charge in [-0.1, -0.05) is 13.8 Å². The molecule has 1 aliphatic rings. The fraction of sp³-hybridized carbons (Fsp3) is 0.688. The highest BCUT2D eigenvalue weighted by molar-refractivity contribution is 7.85. The molecule has 0 unspecified atom stereocenters. The zero-order valence-electron chi connectivity index (χ0n) is 14.9. The van der Waals surface area contributed by atoms with E-state index >= 15 is 0 Å². The number of hydrogen-bond acceptors (Lipinski definition) is 5. The standard InChI is InChI=1S/C16H29N3O4S/c1-5-19(6-2)13-9-12(10-16(3,4)11-13)14(17)15(20)18-7-8-24(21,22)23/h9H,5-8,10-11,17H2,1-4H3,(H,18,20)(H,21,22,23)/b14-12-. The van der Waals surface area contributed by atoms with Crippen LogP contribution in [-0.4, -0.2) is 49.2 Å². The Labute approximate surface area is 144 Å². The molecule has 0 bridgehead atoms. The number of nitrogens with two attached hydrogens (primary N) is 1. The maximum Gasteiger partial charge on any atom is 0.267 e. The van der Waals surface area contributed by atoms with Gasteiger partial charge in [0.25, 0.3) is 16.0 Å². The molecule has 0 atom stereocenters. The fourth-order valence-electron chi connectivity index (χ4n) is 2.91. The summed E-state index contributed by atoms with van der Waals surface area (Å²) < 4.78 is 30.1. The van der Waals surface area contributed by atoms with E-state index in [9.17, 15) is 13.2 Å². The molecule has 1 rings (SSSR count). The molecule has 0 radical (unpaired) electrons. The van der Waals surface area contributed by atoms with Crippen molar-refractivity contribution in [3.63, 3.8) is 0 Å². The Morgan fingerprint density at radius 3 is 2.42 bits per heavy atom. The molecule has 0 saturated heterocycles. The summed E-state index contributed by atoms with van der Waals surface area (Å²) >= 11 is 0. The van der Waals surface area contributed by atoms with E-state index in [-0.39, 0.29) is 17.7 Å². The third kappa shape index (κ3) is 6.16. The quantitative estimate of drug-likeness (QED) is 0.466. The first-order chi connectivity index (χ1) is 11.0. The molecule has 0 aromatic carbocycles. The van der Waals surface area contributed by atoms with Crippen molar-refractivity contribution in [2.24, 2.45) is 11.1 Å². The van der Waals surface area contributed by atoms with Gasteiger partial charge in [0.1, 0.15) is 5.70 Å². The van der Waals surface area contributed by atoms with Gasteiger partial charge in [0.2, 0.25) is 0 Å². The summed E-state index contributed by atoms with van der Waals surface area (Å²) in [7, 11) is -4.11. The minimum Gasteiger partial charge on any atom is -0.394 e. The van der Waals surface area contributed by atoms with Crippen LogP contribution in [-0.2, 0) is 14.9 Å². The van der Waals surface area contributed by atoms with E-state index in [0.29, 0.717) is 6.42 Å². The monoisotopic (exact) mass is 359 g/mol. The first-order valence-electron chi connectivity index (χ1n) is 8.16. The topological polar surface area (TPSA) is 113 Å². The van der Waals surface area contributed by atoms with Gasteiger partial charge in [-0.25, -0.2) is 0 Å². The van der Waals surface area contributed by atoms with Gasteiger partial charge < -0.3 is 16.0 Å². The van der Waals surface area contributed by atoms with Gasteiger partial charge >= 0.3 is 0 Å². The molecular weight excluding hydrogens is 330 g/mol. The Kier molecular flexibility index (Phi) is 6.86. The molecule has 0 aromatic heterocycles. The summed E-state index contributed by atoms with van der Waals surface area (Å²) in [5.74, 6) is -1.05. The van der Waals surface area contributed by atoms with Crippen molar-refractivity contribution in [1.29, 1.82) is 0 Å². The van der Waals surface area contributed by atoms with Crippen molar-refractivity contribution >= 4 is 16.0 Å². The predicted octanol–water partition coefficient (Wildman–Crippen LogP) is 1.25. The van der Waals surface area contributed by atoms with E-state index in [1.54, 1.807) is 0 Å². The molecule has 0 aromatic rings. The maximum absolute atomic E-state index is 12.1. The first-order valence-corrected chi connectivity index (χ1v) is 9.77. The highest BCUT2D eigenvalue weighted by Crippen LogP contribution is 2.39. The number of amides is 1. The summed E-state index contributed by atoms with van der Waals surface area (Å²) in [6, 6.07) is 0. The average Bonchev–Trinajstić information content (AvgIpc) is 2.44. The van der Waals surface area contributed by atoms with Crippen LogP contribution in [0.25, 0.3) is 0 Å². The van der Waals surface area contributed by atoms with Gasteiger partial charge in [-0.05, 0) is 43.8 Å². The molecule has 0 spiro atoms. The Balaban J connectivity index is 2.99. The molecule has 0 heterocycles. The number of nitrogens with one attached hydrogen (secondary N) is 1. The Hall–Kier alpha value is -1.54. The largest absolute Gasteiger partial charge is 0.394 e. The van der Waals surface area contributed by atoms with Crippen LogP contribution >= 0.6 is 0 Å². The third-order valence-corrected chi connectivity index (χ3v) is 4.80. The third-order valence-electron chi connectivity index (χ3n) is 4.08. The molecule has 1 aliphatic carbocycles. The van der Waals surface area contributed by atoms with Gasteiger partial charge in [0.15, 0.2) is 0 Å². The van der Waals surface area contributed by atoms with E-state index in [1.807, 2.05) is 6.08 Å². The number of allylic oxidation sites excluding steroid dienone is 3. The summed E-state index contributed by atoms with van der Waals surface area (Å²) in [4.78, 5) is 14.4. The summed E-state index contributed by atoms with van der Waals surface area (Å²) in [6.45, 7) is 10.0. The van der Waals surface area contributed by atoms with Gasteiger partial charge in [0, 0.05) is 25.3 Å². The van der Waals surface area contributed by atoms with E-state index in [2.05, 4.69) is 37.9 Å².